The molecule has 0 heterocycles. The molecule has 1 aromatic rings. The second-order valence-electron chi connectivity index (χ2n) is 3.33. The molecule has 1 aromatic carbocycles. The highest BCUT2D eigenvalue weighted by Gasteiger charge is 2.16. The summed E-state index contributed by atoms with van der Waals surface area (Å²) in [4.78, 5) is 24.2. The molecule has 0 aliphatic heterocycles. The Kier molecular flexibility index (Phi) is 4.17. The molecule has 4 heteroatoms. The van der Waals surface area contributed by atoms with Gasteiger partial charge in [0, 0.05) is 18.7 Å². The number of hydrogen-bond donors (Lipinski definition) is 0. The summed E-state index contributed by atoms with van der Waals surface area (Å²) >= 11 is 0. The minimum Gasteiger partial charge on any atom is -0.339 e. The molecular weight excluding hydrogens is 209 g/mol. The molecule has 0 saturated heterocycles. The summed E-state index contributed by atoms with van der Waals surface area (Å²) in [5.41, 5.74) is 0.344. The number of rotatable bonds is 4. The molecule has 0 aliphatic rings. The number of carbonyl (C=O) groups is 2. The Labute approximate surface area is 93.9 Å². The lowest BCUT2D eigenvalue weighted by Gasteiger charge is -2.19. The maximum Gasteiger partial charge on any atom is 0.254 e. The van der Waals surface area contributed by atoms with Crippen molar-refractivity contribution in [2.45, 2.75) is 13.8 Å². The van der Waals surface area contributed by atoms with E-state index in [4.69, 9.17) is 0 Å². The van der Waals surface area contributed by atoms with Crippen LogP contribution in [0.25, 0.3) is 0 Å². The fraction of sp³-hybridized carbons (Fsp3) is 0.333. The van der Waals surface area contributed by atoms with Gasteiger partial charge in [-0.3, -0.25) is 9.59 Å². The van der Waals surface area contributed by atoms with E-state index in [1.165, 1.54) is 12.1 Å². The molecule has 16 heavy (non-hydrogen) atoms. The number of carbonyl (C=O) groups excluding carboxylic acids is 2. The van der Waals surface area contributed by atoms with Crippen molar-refractivity contribution >= 4 is 12.2 Å². The molecule has 1 rings (SSSR count). The number of benzene rings is 1. The molecule has 0 atom stereocenters. The number of aldehydes is 1. The van der Waals surface area contributed by atoms with E-state index >= 15 is 0 Å². The Hall–Kier alpha value is -1.71. The van der Waals surface area contributed by atoms with E-state index in [1.54, 1.807) is 4.90 Å². The smallest absolute Gasteiger partial charge is 0.254 e. The number of halogens is 1. The van der Waals surface area contributed by atoms with Crippen LogP contribution < -0.4 is 0 Å². The van der Waals surface area contributed by atoms with Crippen molar-refractivity contribution in [1.29, 1.82) is 0 Å². The molecule has 0 aromatic heterocycles. The lowest BCUT2D eigenvalue weighted by atomic mass is 10.1. The van der Waals surface area contributed by atoms with Gasteiger partial charge >= 0.3 is 0 Å². The molecule has 0 saturated carbocycles. The molecule has 0 fully saturated rings. The summed E-state index contributed by atoms with van der Waals surface area (Å²) < 4.78 is 13.0. The minimum absolute atomic E-state index is 0.124. The Morgan fingerprint density at radius 1 is 1.38 bits per heavy atom. The van der Waals surface area contributed by atoms with Gasteiger partial charge in [0.2, 0.25) is 0 Å². The molecular formula is C12H14FNO2. The summed E-state index contributed by atoms with van der Waals surface area (Å²) in [6, 6.07) is 3.59. The maximum atomic E-state index is 13.0. The van der Waals surface area contributed by atoms with Gasteiger partial charge < -0.3 is 4.90 Å². The predicted octanol–water partition coefficient (Wildman–Crippen LogP) is 2.12. The molecule has 0 aliphatic carbocycles. The van der Waals surface area contributed by atoms with Gasteiger partial charge in [0.15, 0.2) is 6.29 Å². The average Bonchev–Trinajstić information content (AvgIpc) is 2.30. The quantitative estimate of drug-likeness (QED) is 0.733. The van der Waals surface area contributed by atoms with Crippen LogP contribution in [0.4, 0.5) is 4.39 Å². The van der Waals surface area contributed by atoms with E-state index in [0.717, 1.165) is 6.07 Å². The third-order valence-electron chi connectivity index (χ3n) is 2.42. The molecule has 0 unspecified atom stereocenters. The van der Waals surface area contributed by atoms with Crippen LogP contribution in [0.1, 0.15) is 34.6 Å². The highest BCUT2D eigenvalue weighted by Crippen LogP contribution is 2.12. The van der Waals surface area contributed by atoms with Crippen LogP contribution in [0.2, 0.25) is 0 Å². The van der Waals surface area contributed by atoms with Crippen LogP contribution in [0.5, 0.6) is 0 Å². The highest BCUT2D eigenvalue weighted by atomic mass is 19.1. The molecule has 0 radical (unpaired) electrons. The van der Waals surface area contributed by atoms with Gasteiger partial charge in [0.1, 0.15) is 5.82 Å². The fourth-order valence-corrected chi connectivity index (χ4v) is 1.50. The minimum atomic E-state index is -0.513. The van der Waals surface area contributed by atoms with Gasteiger partial charge in [-0.2, -0.15) is 0 Å². The zero-order valence-electron chi connectivity index (χ0n) is 9.37. The lowest BCUT2D eigenvalue weighted by Crippen LogP contribution is -2.31. The topological polar surface area (TPSA) is 37.4 Å². The van der Waals surface area contributed by atoms with Crippen LogP contribution in [0.15, 0.2) is 18.2 Å². The third kappa shape index (κ3) is 2.45. The molecule has 0 spiro atoms. The Bertz CT molecular complexity index is 400. The first-order valence-electron chi connectivity index (χ1n) is 5.18. The van der Waals surface area contributed by atoms with E-state index < -0.39 is 5.82 Å². The van der Waals surface area contributed by atoms with Crippen molar-refractivity contribution < 1.29 is 14.0 Å². The Morgan fingerprint density at radius 3 is 2.50 bits per heavy atom. The van der Waals surface area contributed by atoms with Gasteiger partial charge in [-0.05, 0) is 32.0 Å². The zero-order valence-corrected chi connectivity index (χ0v) is 9.37. The molecule has 86 valence electrons. The van der Waals surface area contributed by atoms with E-state index in [2.05, 4.69) is 0 Å². The van der Waals surface area contributed by atoms with Crippen molar-refractivity contribution in [2.75, 3.05) is 13.1 Å². The standard InChI is InChI=1S/C12H14FNO2/c1-3-14(4-2)12(16)11-7-10(13)6-5-9(11)8-15/h5-8H,3-4H2,1-2H3. The van der Waals surface area contributed by atoms with Gasteiger partial charge in [-0.25, -0.2) is 4.39 Å². The van der Waals surface area contributed by atoms with Gasteiger partial charge in [0.25, 0.3) is 5.91 Å². The van der Waals surface area contributed by atoms with Crippen molar-refractivity contribution in [3.63, 3.8) is 0 Å². The largest absolute Gasteiger partial charge is 0.339 e. The first kappa shape index (κ1) is 12.4. The van der Waals surface area contributed by atoms with Crippen LogP contribution in [-0.4, -0.2) is 30.2 Å². The number of nitrogens with zero attached hydrogens (tertiary/aromatic N) is 1. The molecule has 1 amide bonds. The van der Waals surface area contributed by atoms with Crippen molar-refractivity contribution in [1.82, 2.24) is 4.90 Å². The molecule has 0 N–H and O–H groups in total. The van der Waals surface area contributed by atoms with E-state index in [9.17, 15) is 14.0 Å². The first-order valence-corrected chi connectivity index (χ1v) is 5.18. The van der Waals surface area contributed by atoms with E-state index in [1.807, 2.05) is 13.8 Å². The van der Waals surface area contributed by atoms with Crippen LogP contribution >= 0.6 is 0 Å². The maximum absolute atomic E-state index is 13.0. The van der Waals surface area contributed by atoms with E-state index in [-0.39, 0.29) is 17.0 Å². The van der Waals surface area contributed by atoms with Crippen LogP contribution in [0, 0.1) is 5.82 Å². The SMILES string of the molecule is CCN(CC)C(=O)c1cc(F)ccc1C=O. The zero-order chi connectivity index (χ0) is 12.1. The third-order valence-corrected chi connectivity index (χ3v) is 2.42. The summed E-state index contributed by atoms with van der Waals surface area (Å²) in [6.07, 6.45) is 0.566. The normalized spacial score (nSPS) is 9.94. The van der Waals surface area contributed by atoms with Crippen molar-refractivity contribution in [3.05, 3.63) is 35.1 Å². The predicted molar refractivity (Wildman–Crippen MR) is 59.0 cm³/mol. The van der Waals surface area contributed by atoms with Gasteiger partial charge in [-0.15, -0.1) is 0 Å². The summed E-state index contributed by atoms with van der Waals surface area (Å²) in [7, 11) is 0. The average molecular weight is 223 g/mol. The highest BCUT2D eigenvalue weighted by molar-refractivity contribution is 6.01. The van der Waals surface area contributed by atoms with E-state index in [0.29, 0.717) is 19.4 Å². The van der Waals surface area contributed by atoms with Crippen molar-refractivity contribution in [3.8, 4) is 0 Å². The number of hydrogen-bond acceptors (Lipinski definition) is 2. The Morgan fingerprint density at radius 2 is 2.00 bits per heavy atom. The van der Waals surface area contributed by atoms with Gasteiger partial charge in [-0.1, -0.05) is 0 Å². The summed E-state index contributed by atoms with van der Waals surface area (Å²) in [5.74, 6) is -0.826. The second kappa shape index (κ2) is 5.39. The second-order valence-corrected chi connectivity index (χ2v) is 3.33. The van der Waals surface area contributed by atoms with Crippen LogP contribution in [0.3, 0.4) is 0 Å². The molecule has 0 bridgehead atoms. The first-order chi connectivity index (χ1) is 7.63. The molecule has 3 nitrogen and oxygen atoms in total. The fourth-order valence-electron chi connectivity index (χ4n) is 1.50. The van der Waals surface area contributed by atoms with Crippen molar-refractivity contribution in [2.24, 2.45) is 0 Å². The summed E-state index contributed by atoms with van der Waals surface area (Å²) in [5, 5.41) is 0. The summed E-state index contributed by atoms with van der Waals surface area (Å²) in [6.45, 7) is 4.73. The lowest BCUT2D eigenvalue weighted by molar-refractivity contribution is 0.0769. The Balaban J connectivity index is 3.15. The number of amides is 1. The monoisotopic (exact) mass is 223 g/mol. The van der Waals surface area contributed by atoms with Gasteiger partial charge in [0.05, 0.1) is 5.56 Å². The van der Waals surface area contributed by atoms with Crippen LogP contribution in [-0.2, 0) is 0 Å².